The molecule has 1 amide bonds. The summed E-state index contributed by atoms with van der Waals surface area (Å²) in [4.78, 5) is 15.2. The molecular weight excluding hydrogens is 260 g/mol. The molecule has 1 heterocycles. The highest BCUT2D eigenvalue weighted by Gasteiger charge is 2.47. The highest BCUT2D eigenvalue weighted by molar-refractivity contribution is 5.85. The second kappa shape index (κ2) is 7.13. The van der Waals surface area contributed by atoms with Gasteiger partial charge in [0, 0.05) is 6.04 Å². The number of hydrogen-bond acceptors (Lipinski definition) is 2. The second-order valence-corrected chi connectivity index (χ2v) is 7.39. The van der Waals surface area contributed by atoms with Crippen molar-refractivity contribution < 1.29 is 4.79 Å². The summed E-state index contributed by atoms with van der Waals surface area (Å²) in [5, 5.41) is 3.72. The van der Waals surface area contributed by atoms with Gasteiger partial charge in [-0.3, -0.25) is 10.1 Å². The maximum Gasteiger partial charge on any atom is 0.241 e. The average molecular weight is 294 g/mol. The van der Waals surface area contributed by atoms with Gasteiger partial charge in [-0.25, -0.2) is 0 Å². The summed E-state index contributed by atoms with van der Waals surface area (Å²) < 4.78 is 0. The minimum absolute atomic E-state index is 0.0344. The highest BCUT2D eigenvalue weighted by atomic mass is 16.2. The minimum Gasteiger partial charge on any atom is -0.323 e. The van der Waals surface area contributed by atoms with E-state index in [1.165, 1.54) is 25.7 Å². The van der Waals surface area contributed by atoms with Crippen LogP contribution in [0.15, 0.2) is 0 Å². The Bertz CT molecular complexity index is 351. The summed E-state index contributed by atoms with van der Waals surface area (Å²) in [5.74, 6) is 2.01. The number of rotatable bonds is 6. The molecule has 2 aliphatic rings. The maximum atomic E-state index is 13.0. The molecule has 1 saturated heterocycles. The van der Waals surface area contributed by atoms with Gasteiger partial charge in [0.2, 0.25) is 5.91 Å². The molecule has 3 nitrogen and oxygen atoms in total. The number of carbonyl (C=O) groups is 1. The summed E-state index contributed by atoms with van der Waals surface area (Å²) in [5.41, 5.74) is 0. The van der Waals surface area contributed by atoms with E-state index in [4.69, 9.17) is 0 Å². The fraction of sp³-hybridized carbons (Fsp3) is 0.944. The molecule has 0 radical (unpaired) electrons. The normalized spacial score (nSPS) is 31.7. The van der Waals surface area contributed by atoms with E-state index in [9.17, 15) is 4.79 Å². The van der Waals surface area contributed by atoms with Crippen molar-refractivity contribution >= 4 is 5.91 Å². The molecule has 0 spiro atoms. The van der Waals surface area contributed by atoms with Crippen molar-refractivity contribution in [2.24, 2.45) is 17.8 Å². The van der Waals surface area contributed by atoms with Crippen molar-refractivity contribution in [3.8, 4) is 0 Å². The molecule has 2 fully saturated rings. The van der Waals surface area contributed by atoms with Gasteiger partial charge in [0.05, 0.1) is 12.2 Å². The molecular formula is C18H34N2O. The molecule has 5 unspecified atom stereocenters. The molecule has 0 aromatic rings. The average Bonchev–Trinajstić information content (AvgIpc) is 3.12. The Morgan fingerprint density at radius 3 is 2.29 bits per heavy atom. The topological polar surface area (TPSA) is 32.3 Å². The number of carbonyl (C=O) groups excluding carboxylic acids is 1. The third kappa shape index (κ3) is 3.28. The lowest BCUT2D eigenvalue weighted by molar-refractivity contribution is -0.134. The summed E-state index contributed by atoms with van der Waals surface area (Å²) in [6.07, 6.45) is 7.70. The van der Waals surface area contributed by atoms with E-state index in [0.717, 1.165) is 12.8 Å². The Labute approximate surface area is 130 Å². The molecule has 1 saturated carbocycles. The third-order valence-electron chi connectivity index (χ3n) is 6.14. The molecule has 21 heavy (non-hydrogen) atoms. The van der Waals surface area contributed by atoms with Crippen LogP contribution in [0.4, 0.5) is 0 Å². The van der Waals surface area contributed by atoms with Crippen molar-refractivity contribution in [2.75, 3.05) is 0 Å². The van der Waals surface area contributed by atoms with Crippen LogP contribution < -0.4 is 5.32 Å². The third-order valence-corrected chi connectivity index (χ3v) is 6.14. The fourth-order valence-electron chi connectivity index (χ4n) is 3.98. The van der Waals surface area contributed by atoms with Crippen LogP contribution in [0.5, 0.6) is 0 Å². The summed E-state index contributed by atoms with van der Waals surface area (Å²) >= 11 is 0. The molecule has 5 atom stereocenters. The van der Waals surface area contributed by atoms with Gasteiger partial charge in [0.1, 0.15) is 0 Å². The van der Waals surface area contributed by atoms with Gasteiger partial charge in [-0.1, -0.05) is 53.4 Å². The molecule has 0 aromatic carbocycles. The molecule has 0 aromatic heterocycles. The van der Waals surface area contributed by atoms with Crippen LogP contribution in [0.1, 0.15) is 73.1 Å². The van der Waals surface area contributed by atoms with E-state index in [1.54, 1.807) is 0 Å². The molecule has 122 valence electrons. The predicted octanol–water partition coefficient (Wildman–Crippen LogP) is 3.78. The largest absolute Gasteiger partial charge is 0.323 e. The van der Waals surface area contributed by atoms with E-state index < -0.39 is 0 Å². The van der Waals surface area contributed by atoms with Gasteiger partial charge in [-0.15, -0.1) is 0 Å². The quantitative estimate of drug-likeness (QED) is 0.808. The molecule has 0 bridgehead atoms. The first-order valence-corrected chi connectivity index (χ1v) is 9.09. The zero-order valence-electron chi connectivity index (χ0n) is 14.6. The Morgan fingerprint density at radius 2 is 1.76 bits per heavy atom. The molecule has 2 rings (SSSR count). The lowest BCUT2D eigenvalue weighted by atomic mass is 9.95. The second-order valence-electron chi connectivity index (χ2n) is 7.39. The van der Waals surface area contributed by atoms with Crippen molar-refractivity contribution in [3.63, 3.8) is 0 Å². The van der Waals surface area contributed by atoms with Gasteiger partial charge in [-0.2, -0.15) is 0 Å². The highest BCUT2D eigenvalue weighted by Crippen LogP contribution is 2.35. The Kier molecular flexibility index (Phi) is 5.70. The van der Waals surface area contributed by atoms with Crippen LogP contribution in [-0.4, -0.2) is 29.1 Å². The number of hydrogen-bond donors (Lipinski definition) is 1. The standard InChI is InChI=1S/C18H34N2O/c1-6-12(3)14(5)20-17(15-10-8-9-11-15)19-16(18(20)21)13(4)7-2/h12-17,19H,6-11H2,1-5H3. The number of nitrogens with one attached hydrogen (secondary N) is 1. The van der Waals surface area contributed by atoms with E-state index in [1.807, 2.05) is 0 Å². The van der Waals surface area contributed by atoms with E-state index in [2.05, 4.69) is 44.8 Å². The molecule has 1 N–H and O–H groups in total. The maximum absolute atomic E-state index is 13.0. The fourth-order valence-corrected chi connectivity index (χ4v) is 3.98. The van der Waals surface area contributed by atoms with Gasteiger partial charge >= 0.3 is 0 Å². The smallest absolute Gasteiger partial charge is 0.241 e. The van der Waals surface area contributed by atoms with Crippen LogP contribution >= 0.6 is 0 Å². The first-order chi connectivity index (χ1) is 10.0. The predicted molar refractivity (Wildman–Crippen MR) is 87.9 cm³/mol. The van der Waals surface area contributed by atoms with Crippen molar-refractivity contribution in [2.45, 2.75) is 91.4 Å². The zero-order chi connectivity index (χ0) is 15.6. The van der Waals surface area contributed by atoms with Gasteiger partial charge < -0.3 is 4.90 Å². The van der Waals surface area contributed by atoms with Crippen molar-refractivity contribution in [1.29, 1.82) is 0 Å². The first-order valence-electron chi connectivity index (χ1n) is 9.09. The molecule has 1 aliphatic heterocycles. The monoisotopic (exact) mass is 294 g/mol. The zero-order valence-corrected chi connectivity index (χ0v) is 14.6. The van der Waals surface area contributed by atoms with Crippen molar-refractivity contribution in [1.82, 2.24) is 10.2 Å². The summed E-state index contributed by atoms with van der Waals surface area (Å²) in [6, 6.07) is 0.377. The van der Waals surface area contributed by atoms with Gasteiger partial charge in [0.25, 0.3) is 0 Å². The summed E-state index contributed by atoms with van der Waals surface area (Å²) in [6.45, 7) is 11.1. The van der Waals surface area contributed by atoms with Crippen molar-refractivity contribution in [3.05, 3.63) is 0 Å². The Morgan fingerprint density at radius 1 is 1.14 bits per heavy atom. The van der Waals surface area contributed by atoms with Crippen LogP contribution in [0.25, 0.3) is 0 Å². The SMILES string of the molecule is CCC(C)C1NC(C2CCCC2)N(C(C)C(C)CC)C1=O. The van der Waals surface area contributed by atoms with E-state index in [0.29, 0.717) is 29.7 Å². The van der Waals surface area contributed by atoms with Crippen LogP contribution in [0.3, 0.4) is 0 Å². The van der Waals surface area contributed by atoms with E-state index >= 15 is 0 Å². The lowest BCUT2D eigenvalue weighted by Crippen LogP contribution is -2.49. The van der Waals surface area contributed by atoms with E-state index in [-0.39, 0.29) is 12.2 Å². The minimum atomic E-state index is 0.0344. The number of nitrogens with zero attached hydrogens (tertiary/aromatic N) is 1. The lowest BCUT2D eigenvalue weighted by Gasteiger charge is -2.36. The van der Waals surface area contributed by atoms with Gasteiger partial charge in [-0.05, 0) is 37.5 Å². The van der Waals surface area contributed by atoms with Crippen LogP contribution in [0.2, 0.25) is 0 Å². The Balaban J connectivity index is 2.20. The molecule has 1 aliphatic carbocycles. The first kappa shape index (κ1) is 16.8. The van der Waals surface area contributed by atoms with Crippen LogP contribution in [-0.2, 0) is 4.79 Å². The van der Waals surface area contributed by atoms with Crippen LogP contribution in [0, 0.1) is 17.8 Å². The number of amides is 1. The molecule has 3 heteroatoms. The Hall–Kier alpha value is -0.570. The summed E-state index contributed by atoms with van der Waals surface area (Å²) in [7, 11) is 0. The van der Waals surface area contributed by atoms with Gasteiger partial charge in [0.15, 0.2) is 0 Å².